The molecule has 1 aliphatic heterocycles. The zero-order valence-electron chi connectivity index (χ0n) is 13.0. The fourth-order valence-corrected chi connectivity index (χ4v) is 2.94. The van der Waals surface area contributed by atoms with Crippen molar-refractivity contribution in [2.75, 3.05) is 18.4 Å². The van der Waals surface area contributed by atoms with Crippen LogP contribution in [0.4, 0.5) is 5.69 Å². The number of anilines is 1. The zero-order chi connectivity index (χ0) is 15.7. The molecule has 0 aliphatic carbocycles. The molecule has 1 saturated heterocycles. The first-order valence-electron chi connectivity index (χ1n) is 7.80. The number of nitrogens with one attached hydrogen (secondary N) is 3. The normalized spacial score (nSPS) is 17.6. The second-order valence-corrected chi connectivity index (χ2v) is 6.21. The number of fused-ring (bicyclic) bond motifs is 1. The SMILES string of the molecule is CC1CCN(C(=O)[C@@H](C)Nc2ccc3[nH]c(=O)[nH]c3c2)CC1. The summed E-state index contributed by atoms with van der Waals surface area (Å²) in [5.41, 5.74) is 2.11. The molecule has 1 aliphatic rings. The van der Waals surface area contributed by atoms with E-state index in [1.165, 1.54) is 0 Å². The summed E-state index contributed by atoms with van der Waals surface area (Å²) in [6.07, 6.45) is 2.16. The second kappa shape index (κ2) is 5.87. The van der Waals surface area contributed by atoms with Gasteiger partial charge in [-0.15, -0.1) is 0 Å². The summed E-state index contributed by atoms with van der Waals surface area (Å²) in [7, 11) is 0. The predicted octanol–water partition coefficient (Wildman–Crippen LogP) is 1.92. The lowest BCUT2D eigenvalue weighted by Gasteiger charge is -2.32. The van der Waals surface area contributed by atoms with Crippen molar-refractivity contribution in [2.24, 2.45) is 5.92 Å². The molecule has 0 radical (unpaired) electrons. The summed E-state index contributed by atoms with van der Waals surface area (Å²) in [5, 5.41) is 3.22. The quantitative estimate of drug-likeness (QED) is 0.810. The number of piperidine rings is 1. The maximum absolute atomic E-state index is 12.5. The molecule has 0 saturated carbocycles. The van der Waals surface area contributed by atoms with E-state index in [0.717, 1.165) is 42.7 Å². The zero-order valence-corrected chi connectivity index (χ0v) is 13.0. The minimum Gasteiger partial charge on any atom is -0.374 e. The Kier molecular flexibility index (Phi) is 3.92. The number of aromatic amines is 2. The molecule has 3 rings (SSSR count). The highest BCUT2D eigenvalue weighted by Crippen LogP contribution is 2.19. The average molecular weight is 302 g/mol. The van der Waals surface area contributed by atoms with Gasteiger partial charge in [-0.25, -0.2) is 4.79 Å². The Morgan fingerprint density at radius 3 is 2.68 bits per heavy atom. The van der Waals surface area contributed by atoms with Crippen molar-refractivity contribution in [3.8, 4) is 0 Å². The highest BCUT2D eigenvalue weighted by atomic mass is 16.2. The van der Waals surface area contributed by atoms with Crippen molar-refractivity contribution in [3.63, 3.8) is 0 Å². The van der Waals surface area contributed by atoms with Crippen molar-refractivity contribution < 1.29 is 4.79 Å². The molecule has 0 bridgehead atoms. The maximum atomic E-state index is 12.5. The summed E-state index contributed by atoms with van der Waals surface area (Å²) in [5.74, 6) is 0.842. The first-order valence-corrected chi connectivity index (χ1v) is 7.80. The van der Waals surface area contributed by atoms with Crippen LogP contribution < -0.4 is 11.0 Å². The number of H-pyrrole nitrogens is 2. The molecule has 22 heavy (non-hydrogen) atoms. The average Bonchev–Trinajstić information content (AvgIpc) is 2.86. The Hall–Kier alpha value is -2.24. The number of carbonyl (C=O) groups is 1. The third-order valence-electron chi connectivity index (χ3n) is 4.36. The molecule has 118 valence electrons. The van der Waals surface area contributed by atoms with Gasteiger partial charge < -0.3 is 20.2 Å². The number of rotatable bonds is 3. The van der Waals surface area contributed by atoms with E-state index < -0.39 is 0 Å². The van der Waals surface area contributed by atoms with E-state index in [9.17, 15) is 9.59 Å². The second-order valence-electron chi connectivity index (χ2n) is 6.21. The molecular weight excluding hydrogens is 280 g/mol. The fraction of sp³-hybridized carbons (Fsp3) is 0.500. The van der Waals surface area contributed by atoms with Gasteiger partial charge in [0.15, 0.2) is 0 Å². The van der Waals surface area contributed by atoms with Gasteiger partial charge in [0.1, 0.15) is 6.04 Å². The van der Waals surface area contributed by atoms with E-state index in [1.807, 2.05) is 30.0 Å². The Bertz CT molecular complexity index is 725. The topological polar surface area (TPSA) is 81.0 Å². The molecule has 1 atom stereocenters. The fourth-order valence-electron chi connectivity index (χ4n) is 2.94. The summed E-state index contributed by atoms with van der Waals surface area (Å²) < 4.78 is 0. The number of nitrogens with zero attached hydrogens (tertiary/aromatic N) is 1. The van der Waals surface area contributed by atoms with E-state index in [1.54, 1.807) is 0 Å². The van der Waals surface area contributed by atoms with Gasteiger partial charge in [0, 0.05) is 18.8 Å². The summed E-state index contributed by atoms with van der Waals surface area (Å²) >= 11 is 0. The standard InChI is InChI=1S/C16H22N4O2/c1-10-5-7-20(8-6-10)15(21)11(2)17-12-3-4-13-14(9-12)19-16(22)18-13/h3-4,9-11,17H,5-8H2,1-2H3,(H2,18,19,22)/t11-/m1/s1. The molecular formula is C16H22N4O2. The third kappa shape index (κ3) is 3.00. The molecule has 6 heteroatoms. The monoisotopic (exact) mass is 302 g/mol. The number of likely N-dealkylation sites (tertiary alicyclic amines) is 1. The van der Waals surface area contributed by atoms with Gasteiger partial charge in [0.05, 0.1) is 11.0 Å². The molecule has 0 unspecified atom stereocenters. The van der Waals surface area contributed by atoms with Crippen LogP contribution in [0.5, 0.6) is 0 Å². The molecule has 2 aromatic rings. The van der Waals surface area contributed by atoms with Gasteiger partial charge >= 0.3 is 5.69 Å². The molecule has 1 fully saturated rings. The van der Waals surface area contributed by atoms with Crippen LogP contribution in [-0.2, 0) is 4.79 Å². The Morgan fingerprint density at radius 2 is 1.95 bits per heavy atom. The van der Waals surface area contributed by atoms with Crippen molar-refractivity contribution in [1.29, 1.82) is 0 Å². The van der Waals surface area contributed by atoms with Crippen LogP contribution in [0, 0.1) is 5.92 Å². The van der Waals surface area contributed by atoms with Crippen LogP contribution in [0.15, 0.2) is 23.0 Å². The Morgan fingerprint density at radius 1 is 1.27 bits per heavy atom. The third-order valence-corrected chi connectivity index (χ3v) is 4.36. The Labute approximate surface area is 128 Å². The van der Waals surface area contributed by atoms with Crippen LogP contribution in [0.3, 0.4) is 0 Å². The van der Waals surface area contributed by atoms with Crippen LogP contribution in [0.25, 0.3) is 11.0 Å². The Balaban J connectivity index is 1.67. The van der Waals surface area contributed by atoms with E-state index in [-0.39, 0.29) is 17.6 Å². The van der Waals surface area contributed by atoms with Crippen molar-refractivity contribution >= 4 is 22.6 Å². The van der Waals surface area contributed by atoms with E-state index in [0.29, 0.717) is 5.92 Å². The van der Waals surface area contributed by atoms with Crippen LogP contribution >= 0.6 is 0 Å². The summed E-state index contributed by atoms with van der Waals surface area (Å²) in [4.78, 5) is 31.1. The predicted molar refractivity (Wildman–Crippen MR) is 87.0 cm³/mol. The lowest BCUT2D eigenvalue weighted by atomic mass is 9.99. The largest absolute Gasteiger partial charge is 0.374 e. The van der Waals surface area contributed by atoms with Gasteiger partial charge in [-0.2, -0.15) is 0 Å². The number of carbonyl (C=O) groups excluding carboxylic acids is 1. The van der Waals surface area contributed by atoms with Crippen molar-refractivity contribution in [2.45, 2.75) is 32.7 Å². The molecule has 3 N–H and O–H groups in total. The first-order chi connectivity index (χ1) is 10.5. The molecule has 6 nitrogen and oxygen atoms in total. The molecule has 0 spiro atoms. The van der Waals surface area contributed by atoms with Crippen molar-refractivity contribution in [1.82, 2.24) is 14.9 Å². The smallest absolute Gasteiger partial charge is 0.323 e. The highest BCUT2D eigenvalue weighted by molar-refractivity contribution is 5.86. The number of hydrogen-bond acceptors (Lipinski definition) is 3. The molecule has 1 aromatic heterocycles. The minimum atomic E-state index is -0.281. The summed E-state index contributed by atoms with van der Waals surface area (Å²) in [6.45, 7) is 5.80. The number of amides is 1. The number of imidazole rings is 1. The first kappa shape index (κ1) is 14.7. The van der Waals surface area contributed by atoms with E-state index in [4.69, 9.17) is 0 Å². The van der Waals surface area contributed by atoms with Gasteiger partial charge in [0.25, 0.3) is 0 Å². The van der Waals surface area contributed by atoms with Gasteiger partial charge in [-0.3, -0.25) is 4.79 Å². The van der Waals surface area contributed by atoms with Gasteiger partial charge in [-0.05, 0) is 43.9 Å². The number of hydrogen-bond donors (Lipinski definition) is 3. The minimum absolute atomic E-state index is 0.134. The number of aromatic nitrogens is 2. The number of benzene rings is 1. The van der Waals surface area contributed by atoms with Gasteiger partial charge in [-0.1, -0.05) is 6.92 Å². The maximum Gasteiger partial charge on any atom is 0.323 e. The lowest BCUT2D eigenvalue weighted by molar-refractivity contribution is -0.132. The van der Waals surface area contributed by atoms with Gasteiger partial charge in [0.2, 0.25) is 5.91 Å². The van der Waals surface area contributed by atoms with Crippen LogP contribution in [-0.4, -0.2) is 39.9 Å². The molecule has 2 heterocycles. The van der Waals surface area contributed by atoms with E-state index >= 15 is 0 Å². The highest BCUT2D eigenvalue weighted by Gasteiger charge is 2.24. The van der Waals surface area contributed by atoms with Crippen LogP contribution in [0.1, 0.15) is 26.7 Å². The molecule has 1 amide bonds. The molecule has 1 aromatic carbocycles. The summed E-state index contributed by atoms with van der Waals surface area (Å²) in [6, 6.07) is 5.26. The van der Waals surface area contributed by atoms with Crippen LogP contribution in [0.2, 0.25) is 0 Å². The van der Waals surface area contributed by atoms with Crippen molar-refractivity contribution in [3.05, 3.63) is 28.7 Å². The lowest BCUT2D eigenvalue weighted by Crippen LogP contribution is -2.45. The van der Waals surface area contributed by atoms with E-state index in [2.05, 4.69) is 22.2 Å².